The van der Waals surface area contributed by atoms with E-state index < -0.39 is 6.10 Å². The number of rotatable bonds is 5. The van der Waals surface area contributed by atoms with Crippen LogP contribution in [0.2, 0.25) is 0 Å². The predicted molar refractivity (Wildman–Crippen MR) is 135 cm³/mol. The standard InChI is InChI=1S/C30H31N2O/c1-2-22-20-32(19-21-11-12-23-7-3-4-8-24(23)17-21)16-14-25(22)18-29(32)30(33)27-13-15-31-28-10-6-5-9-26(27)28/h2-13,15,17,22,25,29-30,33H,1,14,16,18-20H2/q+1/t22-,25-,29-,30+,32+/m0/s1. The molecule has 0 aliphatic carbocycles. The van der Waals surface area contributed by atoms with Crippen molar-refractivity contribution >= 4 is 21.7 Å². The summed E-state index contributed by atoms with van der Waals surface area (Å²) in [6.45, 7) is 7.30. The van der Waals surface area contributed by atoms with Crippen LogP contribution in [0.3, 0.4) is 0 Å². The van der Waals surface area contributed by atoms with Gasteiger partial charge in [0.15, 0.2) is 0 Å². The fraction of sp³-hybridized carbons (Fsp3) is 0.300. The zero-order chi connectivity index (χ0) is 22.4. The smallest absolute Gasteiger partial charge is 0.131 e. The third-order valence-corrected chi connectivity index (χ3v) is 8.35. The summed E-state index contributed by atoms with van der Waals surface area (Å²) in [6, 6.07) is 25.8. The topological polar surface area (TPSA) is 33.1 Å². The molecule has 3 aliphatic rings. The molecule has 33 heavy (non-hydrogen) atoms. The average molecular weight is 436 g/mol. The van der Waals surface area contributed by atoms with E-state index in [-0.39, 0.29) is 6.04 Å². The fourth-order valence-electron chi connectivity index (χ4n) is 6.67. The lowest BCUT2D eigenvalue weighted by atomic mass is 9.71. The Balaban J connectivity index is 1.41. The van der Waals surface area contributed by atoms with Gasteiger partial charge in [-0.1, -0.05) is 60.7 Å². The molecule has 4 heterocycles. The summed E-state index contributed by atoms with van der Waals surface area (Å²) in [5.74, 6) is 1.14. The first-order valence-corrected chi connectivity index (χ1v) is 12.1. The van der Waals surface area contributed by atoms with Crippen LogP contribution in [-0.2, 0) is 6.54 Å². The molecule has 0 saturated carbocycles. The first kappa shape index (κ1) is 20.6. The maximum atomic E-state index is 11.9. The summed E-state index contributed by atoms with van der Waals surface area (Å²) >= 11 is 0. The highest BCUT2D eigenvalue weighted by atomic mass is 16.3. The van der Waals surface area contributed by atoms with Gasteiger partial charge in [-0.2, -0.15) is 0 Å². The number of fused-ring (bicyclic) bond motifs is 5. The average Bonchev–Trinajstić information content (AvgIpc) is 2.87. The van der Waals surface area contributed by atoms with Gasteiger partial charge in [-0.25, -0.2) is 0 Å². The van der Waals surface area contributed by atoms with Gasteiger partial charge in [0.25, 0.3) is 0 Å². The molecular weight excluding hydrogens is 404 g/mol. The number of piperidine rings is 3. The zero-order valence-corrected chi connectivity index (χ0v) is 19.0. The van der Waals surface area contributed by atoms with Crippen molar-refractivity contribution in [1.82, 2.24) is 4.98 Å². The third-order valence-electron chi connectivity index (χ3n) is 8.35. The quantitative estimate of drug-likeness (QED) is 0.307. The molecule has 7 rings (SSSR count). The highest BCUT2D eigenvalue weighted by molar-refractivity contribution is 5.83. The second-order valence-corrected chi connectivity index (χ2v) is 10.1. The van der Waals surface area contributed by atoms with Gasteiger partial charge in [-0.15, -0.1) is 6.58 Å². The van der Waals surface area contributed by atoms with Crippen LogP contribution < -0.4 is 0 Å². The van der Waals surface area contributed by atoms with Crippen molar-refractivity contribution in [2.45, 2.75) is 31.5 Å². The number of quaternary nitrogens is 1. The Bertz CT molecular complexity index is 1330. The molecule has 3 heteroatoms. The van der Waals surface area contributed by atoms with Gasteiger partial charge < -0.3 is 9.59 Å². The summed E-state index contributed by atoms with van der Waals surface area (Å²) in [5.41, 5.74) is 3.33. The van der Waals surface area contributed by atoms with E-state index in [2.05, 4.69) is 66.2 Å². The summed E-state index contributed by atoms with van der Waals surface area (Å²) in [4.78, 5) is 4.53. The molecule has 3 fully saturated rings. The molecule has 3 nitrogen and oxygen atoms in total. The van der Waals surface area contributed by atoms with E-state index in [1.54, 1.807) is 0 Å². The minimum atomic E-state index is -0.507. The molecular formula is C30H31N2O+. The highest BCUT2D eigenvalue weighted by Gasteiger charge is 2.53. The number of aliphatic hydroxyl groups excluding tert-OH is 1. The van der Waals surface area contributed by atoms with Gasteiger partial charge in [0, 0.05) is 35.9 Å². The lowest BCUT2D eigenvalue weighted by Gasteiger charge is -2.58. The van der Waals surface area contributed by atoms with Gasteiger partial charge in [-0.05, 0) is 40.5 Å². The van der Waals surface area contributed by atoms with Gasteiger partial charge in [0.1, 0.15) is 18.7 Å². The fourth-order valence-corrected chi connectivity index (χ4v) is 6.67. The Kier molecular flexibility index (Phi) is 5.05. The normalized spacial score (nSPS) is 27.6. The Labute approximate surface area is 195 Å². The Morgan fingerprint density at radius 2 is 1.85 bits per heavy atom. The van der Waals surface area contributed by atoms with Crippen LogP contribution in [0.4, 0.5) is 0 Å². The van der Waals surface area contributed by atoms with E-state index in [0.29, 0.717) is 11.8 Å². The van der Waals surface area contributed by atoms with E-state index in [9.17, 15) is 5.11 Å². The molecule has 0 unspecified atom stereocenters. The number of hydrogen-bond donors (Lipinski definition) is 1. The van der Waals surface area contributed by atoms with Crippen LogP contribution in [0.15, 0.2) is 91.6 Å². The molecule has 4 aromatic rings. The molecule has 1 N–H and O–H groups in total. The summed E-state index contributed by atoms with van der Waals surface area (Å²) in [6.07, 6.45) is 5.76. The minimum Gasteiger partial charge on any atom is -0.382 e. The Morgan fingerprint density at radius 1 is 1.03 bits per heavy atom. The number of nitrogens with zero attached hydrogens (tertiary/aromatic N) is 2. The Hall–Kier alpha value is -3.01. The molecule has 3 aromatic carbocycles. The molecule has 2 bridgehead atoms. The van der Waals surface area contributed by atoms with E-state index >= 15 is 0 Å². The van der Waals surface area contributed by atoms with Gasteiger partial charge >= 0.3 is 0 Å². The second-order valence-electron chi connectivity index (χ2n) is 10.1. The van der Waals surface area contributed by atoms with Gasteiger partial charge in [0.2, 0.25) is 0 Å². The lowest BCUT2D eigenvalue weighted by molar-refractivity contribution is -0.984. The molecule has 3 saturated heterocycles. The van der Waals surface area contributed by atoms with Crippen molar-refractivity contribution in [3.05, 3.63) is 103 Å². The largest absolute Gasteiger partial charge is 0.382 e. The summed E-state index contributed by atoms with van der Waals surface area (Å²) < 4.78 is 0.934. The van der Waals surface area contributed by atoms with Crippen LogP contribution in [0.5, 0.6) is 0 Å². The van der Waals surface area contributed by atoms with Gasteiger partial charge in [0.05, 0.1) is 18.6 Å². The van der Waals surface area contributed by atoms with Crippen molar-refractivity contribution < 1.29 is 9.59 Å². The molecule has 0 spiro atoms. The highest BCUT2D eigenvalue weighted by Crippen LogP contribution is 2.48. The first-order valence-electron chi connectivity index (χ1n) is 12.1. The van der Waals surface area contributed by atoms with Crippen molar-refractivity contribution in [3.8, 4) is 0 Å². The van der Waals surface area contributed by atoms with E-state index in [1.165, 1.54) is 22.8 Å². The number of aromatic nitrogens is 1. The van der Waals surface area contributed by atoms with Crippen LogP contribution in [0.1, 0.15) is 30.1 Å². The maximum Gasteiger partial charge on any atom is 0.131 e. The van der Waals surface area contributed by atoms with Crippen LogP contribution in [-0.4, -0.2) is 33.7 Å². The number of benzene rings is 3. The summed E-state index contributed by atoms with van der Waals surface area (Å²) in [5, 5.41) is 15.5. The number of hydrogen-bond acceptors (Lipinski definition) is 2. The van der Waals surface area contributed by atoms with Crippen LogP contribution in [0, 0.1) is 11.8 Å². The molecule has 5 atom stereocenters. The second kappa shape index (κ2) is 8.09. The maximum absolute atomic E-state index is 11.9. The summed E-state index contributed by atoms with van der Waals surface area (Å²) in [7, 11) is 0. The zero-order valence-electron chi connectivity index (χ0n) is 19.0. The van der Waals surface area contributed by atoms with Crippen molar-refractivity contribution in [2.24, 2.45) is 11.8 Å². The molecule has 0 radical (unpaired) electrons. The Morgan fingerprint density at radius 3 is 2.73 bits per heavy atom. The van der Waals surface area contributed by atoms with Crippen LogP contribution >= 0.6 is 0 Å². The third kappa shape index (κ3) is 3.47. The molecule has 166 valence electrons. The van der Waals surface area contributed by atoms with Crippen molar-refractivity contribution in [2.75, 3.05) is 13.1 Å². The van der Waals surface area contributed by atoms with Crippen LogP contribution in [0.25, 0.3) is 21.7 Å². The number of pyridine rings is 1. The monoisotopic (exact) mass is 435 g/mol. The van der Waals surface area contributed by atoms with E-state index in [1.807, 2.05) is 30.5 Å². The molecule has 3 aliphatic heterocycles. The van der Waals surface area contributed by atoms with Gasteiger partial charge in [-0.3, -0.25) is 4.98 Å². The predicted octanol–water partition coefficient (Wildman–Crippen LogP) is 6.03. The lowest BCUT2D eigenvalue weighted by Crippen LogP contribution is -2.67. The molecule has 1 aromatic heterocycles. The van der Waals surface area contributed by atoms with E-state index in [4.69, 9.17) is 0 Å². The number of aliphatic hydroxyl groups is 1. The SMILES string of the molecule is C=C[C@H]1C[N@+]2(Cc3ccc4ccccc4c3)CC[C@H]1C[C@H]2[C@H](O)c1ccnc2ccccc12. The first-order chi connectivity index (χ1) is 16.2. The number of para-hydroxylation sites is 1. The van der Waals surface area contributed by atoms with E-state index in [0.717, 1.165) is 47.0 Å². The van der Waals surface area contributed by atoms with Crippen molar-refractivity contribution in [3.63, 3.8) is 0 Å². The molecule has 0 amide bonds. The minimum absolute atomic E-state index is 0.178. The van der Waals surface area contributed by atoms with Crippen molar-refractivity contribution in [1.29, 1.82) is 0 Å².